The van der Waals surface area contributed by atoms with Gasteiger partial charge in [0.2, 0.25) is 0 Å². The van der Waals surface area contributed by atoms with Crippen molar-refractivity contribution >= 4 is 0 Å². The fourth-order valence-corrected chi connectivity index (χ4v) is 2.16. The lowest BCUT2D eigenvalue weighted by molar-refractivity contribution is -0.300. The Morgan fingerprint density at radius 2 is 1.67 bits per heavy atom. The average molecular weight is 300 g/mol. The molecule has 118 valence electrons. The monoisotopic (exact) mass is 300 g/mol. The van der Waals surface area contributed by atoms with E-state index >= 15 is 0 Å². The summed E-state index contributed by atoms with van der Waals surface area (Å²) < 4.78 is 10.6. The molecular formula is C14H20O7. The van der Waals surface area contributed by atoms with Gasteiger partial charge in [-0.2, -0.15) is 0 Å². The van der Waals surface area contributed by atoms with Crippen LogP contribution in [-0.4, -0.2) is 69.5 Å². The third-order valence-electron chi connectivity index (χ3n) is 3.46. The van der Waals surface area contributed by atoms with Crippen molar-refractivity contribution in [3.8, 4) is 5.75 Å². The quantitative estimate of drug-likeness (QED) is 0.461. The fourth-order valence-electron chi connectivity index (χ4n) is 2.16. The van der Waals surface area contributed by atoms with Crippen molar-refractivity contribution in [2.24, 2.45) is 0 Å². The molecule has 0 bridgehead atoms. The third kappa shape index (κ3) is 3.91. The highest BCUT2D eigenvalue weighted by Gasteiger charge is 2.43. The topological polar surface area (TPSA) is 120 Å². The molecule has 7 heteroatoms. The summed E-state index contributed by atoms with van der Waals surface area (Å²) in [5.74, 6) is 0.175. The summed E-state index contributed by atoms with van der Waals surface area (Å²) >= 11 is 0. The predicted molar refractivity (Wildman–Crippen MR) is 71.5 cm³/mol. The van der Waals surface area contributed by atoms with E-state index in [0.717, 1.165) is 5.56 Å². The van der Waals surface area contributed by atoms with Gasteiger partial charge in [0.1, 0.15) is 30.2 Å². The SMILES string of the molecule is OC[C@@H]1O[C@H](OCCc2ccc(O)cc2)[C@@H](O)[C@H](O)[C@H]1O. The maximum Gasteiger partial charge on any atom is 0.186 e. The van der Waals surface area contributed by atoms with Gasteiger partial charge in [0.15, 0.2) is 6.29 Å². The van der Waals surface area contributed by atoms with Crippen molar-refractivity contribution in [2.45, 2.75) is 37.1 Å². The summed E-state index contributed by atoms with van der Waals surface area (Å²) in [6.07, 6.45) is -5.77. The van der Waals surface area contributed by atoms with Gasteiger partial charge < -0.3 is 35.0 Å². The molecule has 21 heavy (non-hydrogen) atoms. The molecule has 1 aliphatic heterocycles. The van der Waals surface area contributed by atoms with Gasteiger partial charge in [0, 0.05) is 0 Å². The predicted octanol–water partition coefficient (Wildman–Crippen LogP) is -1.25. The average Bonchev–Trinajstić information content (AvgIpc) is 2.49. The first-order valence-electron chi connectivity index (χ1n) is 6.73. The number of benzene rings is 1. The maximum atomic E-state index is 9.78. The van der Waals surface area contributed by atoms with Crippen molar-refractivity contribution in [1.82, 2.24) is 0 Å². The number of hydrogen-bond donors (Lipinski definition) is 5. The molecule has 5 N–H and O–H groups in total. The van der Waals surface area contributed by atoms with Gasteiger partial charge in [-0.3, -0.25) is 0 Å². The number of phenolic OH excluding ortho intramolecular Hbond substituents is 1. The molecule has 1 aromatic rings. The van der Waals surface area contributed by atoms with Gasteiger partial charge in [0.05, 0.1) is 13.2 Å². The molecule has 2 rings (SSSR count). The third-order valence-corrected chi connectivity index (χ3v) is 3.46. The Kier molecular flexibility index (Phi) is 5.51. The zero-order valence-corrected chi connectivity index (χ0v) is 11.4. The summed E-state index contributed by atoms with van der Waals surface area (Å²) in [7, 11) is 0. The van der Waals surface area contributed by atoms with Gasteiger partial charge >= 0.3 is 0 Å². The van der Waals surface area contributed by atoms with Crippen molar-refractivity contribution in [3.05, 3.63) is 29.8 Å². The zero-order chi connectivity index (χ0) is 15.4. The number of aliphatic hydroxyl groups excluding tert-OH is 4. The molecule has 0 saturated carbocycles. The first kappa shape index (κ1) is 16.2. The van der Waals surface area contributed by atoms with Crippen molar-refractivity contribution in [2.75, 3.05) is 13.2 Å². The van der Waals surface area contributed by atoms with E-state index < -0.39 is 37.3 Å². The van der Waals surface area contributed by atoms with Crippen LogP contribution in [0.1, 0.15) is 5.56 Å². The van der Waals surface area contributed by atoms with Gasteiger partial charge in [-0.1, -0.05) is 12.1 Å². The number of aromatic hydroxyl groups is 1. The molecule has 0 radical (unpaired) electrons. The molecule has 1 aromatic carbocycles. The molecule has 0 spiro atoms. The summed E-state index contributed by atoms with van der Waals surface area (Å²) in [5.41, 5.74) is 0.928. The van der Waals surface area contributed by atoms with Crippen LogP contribution in [0, 0.1) is 0 Å². The lowest BCUT2D eigenvalue weighted by atomic mass is 9.99. The van der Waals surface area contributed by atoms with Crippen LogP contribution in [0.15, 0.2) is 24.3 Å². The maximum absolute atomic E-state index is 9.78. The van der Waals surface area contributed by atoms with E-state index in [1.165, 1.54) is 0 Å². The van der Waals surface area contributed by atoms with Crippen LogP contribution in [0.2, 0.25) is 0 Å². The summed E-state index contributed by atoms with van der Waals surface area (Å²) in [4.78, 5) is 0. The molecule has 0 unspecified atom stereocenters. The second-order valence-electron chi connectivity index (χ2n) is 4.98. The standard InChI is InChI=1S/C14H20O7/c15-7-10-11(17)12(18)13(19)14(21-10)20-6-5-8-1-3-9(16)4-2-8/h1-4,10-19H,5-7H2/t10-,11-,12+,13-,14-/m0/s1. The van der Waals surface area contributed by atoms with Crippen LogP contribution < -0.4 is 0 Å². The summed E-state index contributed by atoms with van der Waals surface area (Å²) in [5, 5.41) is 47.3. The minimum absolute atomic E-state index is 0.175. The Hall–Kier alpha value is -1.22. The number of rotatable bonds is 5. The molecule has 0 aliphatic carbocycles. The van der Waals surface area contributed by atoms with Gasteiger partial charge in [-0.25, -0.2) is 0 Å². The fraction of sp³-hybridized carbons (Fsp3) is 0.571. The van der Waals surface area contributed by atoms with E-state index in [1.54, 1.807) is 24.3 Å². The summed E-state index contributed by atoms with van der Waals surface area (Å²) in [6.45, 7) is -0.268. The molecule has 7 nitrogen and oxygen atoms in total. The number of ether oxygens (including phenoxy) is 2. The van der Waals surface area contributed by atoms with E-state index in [2.05, 4.69) is 0 Å². The smallest absolute Gasteiger partial charge is 0.186 e. The molecule has 0 amide bonds. The largest absolute Gasteiger partial charge is 0.508 e. The Morgan fingerprint density at radius 1 is 1.00 bits per heavy atom. The highest BCUT2D eigenvalue weighted by molar-refractivity contribution is 5.25. The molecule has 1 fully saturated rings. The van der Waals surface area contributed by atoms with Gasteiger partial charge in [0.25, 0.3) is 0 Å². The van der Waals surface area contributed by atoms with Crippen LogP contribution in [0.5, 0.6) is 5.75 Å². The minimum atomic E-state index is -1.44. The van der Waals surface area contributed by atoms with Crippen LogP contribution in [0.25, 0.3) is 0 Å². The molecule has 1 heterocycles. The van der Waals surface area contributed by atoms with Gasteiger partial charge in [-0.05, 0) is 24.1 Å². The second kappa shape index (κ2) is 7.17. The number of aliphatic hydroxyl groups is 4. The highest BCUT2D eigenvalue weighted by atomic mass is 16.7. The molecule has 1 aliphatic rings. The Labute approximate surface area is 122 Å². The first-order valence-corrected chi connectivity index (χ1v) is 6.73. The molecule has 0 aromatic heterocycles. The Balaban J connectivity index is 1.85. The lowest BCUT2D eigenvalue weighted by Gasteiger charge is -2.39. The van der Waals surface area contributed by atoms with Crippen molar-refractivity contribution in [3.63, 3.8) is 0 Å². The van der Waals surface area contributed by atoms with Gasteiger partial charge in [-0.15, -0.1) is 0 Å². The molecule has 5 atom stereocenters. The zero-order valence-electron chi connectivity index (χ0n) is 11.4. The van der Waals surface area contributed by atoms with E-state index in [4.69, 9.17) is 14.6 Å². The molecular weight excluding hydrogens is 280 g/mol. The van der Waals surface area contributed by atoms with Crippen LogP contribution in [-0.2, 0) is 15.9 Å². The van der Waals surface area contributed by atoms with E-state index in [0.29, 0.717) is 6.42 Å². The normalized spacial score (nSPS) is 33.0. The van der Waals surface area contributed by atoms with Crippen molar-refractivity contribution in [1.29, 1.82) is 0 Å². The Bertz CT molecular complexity index is 433. The molecule has 1 saturated heterocycles. The minimum Gasteiger partial charge on any atom is -0.508 e. The first-order chi connectivity index (χ1) is 10.0. The van der Waals surface area contributed by atoms with E-state index in [1.807, 2.05) is 0 Å². The Morgan fingerprint density at radius 3 is 2.29 bits per heavy atom. The van der Waals surface area contributed by atoms with Crippen molar-refractivity contribution < 1.29 is 35.0 Å². The lowest BCUT2D eigenvalue weighted by Crippen LogP contribution is -2.59. The van der Waals surface area contributed by atoms with E-state index in [9.17, 15) is 20.4 Å². The second-order valence-corrected chi connectivity index (χ2v) is 4.98. The van der Waals surface area contributed by atoms with Crippen LogP contribution >= 0.6 is 0 Å². The highest BCUT2D eigenvalue weighted by Crippen LogP contribution is 2.22. The summed E-state index contributed by atoms with van der Waals surface area (Å²) in [6, 6.07) is 6.60. The van der Waals surface area contributed by atoms with Crippen LogP contribution in [0.3, 0.4) is 0 Å². The number of phenols is 1. The van der Waals surface area contributed by atoms with Crippen LogP contribution in [0.4, 0.5) is 0 Å². The van der Waals surface area contributed by atoms with E-state index in [-0.39, 0.29) is 12.4 Å². The number of hydrogen-bond acceptors (Lipinski definition) is 7.